The van der Waals surface area contributed by atoms with Crippen molar-refractivity contribution in [1.29, 1.82) is 0 Å². The average molecular weight is 439 g/mol. The second-order valence-electron chi connectivity index (χ2n) is 7.58. The largest absolute Gasteiger partial charge is 0.416 e. The highest BCUT2D eigenvalue weighted by Crippen LogP contribution is 2.39. The number of carbonyl (C=O) groups is 1. The number of piperidine rings is 1. The fourth-order valence-electron chi connectivity index (χ4n) is 4.15. The fraction of sp³-hybridized carbons (Fsp3) is 0.350. The summed E-state index contributed by atoms with van der Waals surface area (Å²) < 4.78 is 65.8. The first-order valence-electron chi connectivity index (χ1n) is 9.46. The van der Waals surface area contributed by atoms with E-state index in [2.05, 4.69) is 10.0 Å². The Morgan fingerprint density at radius 2 is 1.67 bits per heavy atom. The molecule has 1 saturated heterocycles. The van der Waals surface area contributed by atoms with Crippen molar-refractivity contribution in [1.82, 2.24) is 9.62 Å². The van der Waals surface area contributed by atoms with Crippen molar-refractivity contribution in [2.45, 2.75) is 36.0 Å². The Labute approximate surface area is 172 Å². The quantitative estimate of drug-likeness (QED) is 0.763. The van der Waals surface area contributed by atoms with E-state index >= 15 is 0 Å². The van der Waals surface area contributed by atoms with E-state index in [0.29, 0.717) is 19.4 Å². The smallest absolute Gasteiger partial charge is 0.321 e. The summed E-state index contributed by atoms with van der Waals surface area (Å²) in [5.74, 6) is -0.00755. The van der Waals surface area contributed by atoms with Crippen molar-refractivity contribution in [2.24, 2.45) is 5.92 Å². The van der Waals surface area contributed by atoms with Crippen LogP contribution in [0.2, 0.25) is 0 Å². The van der Waals surface area contributed by atoms with Gasteiger partial charge < -0.3 is 10.2 Å². The molecule has 1 aliphatic carbocycles. The molecule has 30 heavy (non-hydrogen) atoms. The number of benzene rings is 2. The lowest BCUT2D eigenvalue weighted by Gasteiger charge is -2.31. The Morgan fingerprint density at radius 3 is 2.23 bits per heavy atom. The van der Waals surface area contributed by atoms with Crippen molar-refractivity contribution < 1.29 is 26.4 Å². The topological polar surface area (TPSA) is 78.5 Å². The molecule has 1 saturated carbocycles. The Kier molecular flexibility index (Phi) is 5.23. The van der Waals surface area contributed by atoms with Gasteiger partial charge in [-0.25, -0.2) is 17.9 Å². The molecular formula is C20H20F3N3O3S. The second kappa shape index (κ2) is 7.59. The number of hydrogen-bond donors (Lipinski definition) is 2. The number of hydrogen-bond acceptors (Lipinski definition) is 3. The standard InChI is InChI=1S/C20H20F3N3O3S/c21-20(22,23)14-6-8-15(9-7-14)24-19(27)26-12-13-10-16(26)11-18(13)25-30(28,29)17-4-2-1-3-5-17/h1-9,13,16,18,25H,10-12H2,(H,24,27)/t13-,16-,18-/m0/s1. The van der Waals surface area contributed by atoms with Gasteiger partial charge in [0.15, 0.2) is 0 Å². The molecule has 2 aliphatic rings. The van der Waals surface area contributed by atoms with E-state index in [9.17, 15) is 26.4 Å². The first-order valence-corrected chi connectivity index (χ1v) is 10.9. The molecule has 1 heterocycles. The van der Waals surface area contributed by atoms with Crippen molar-refractivity contribution in [2.75, 3.05) is 11.9 Å². The third-order valence-electron chi connectivity index (χ3n) is 5.63. The van der Waals surface area contributed by atoms with Crippen LogP contribution in [-0.4, -0.2) is 38.0 Å². The predicted octanol–water partition coefficient (Wildman–Crippen LogP) is 3.68. The van der Waals surface area contributed by atoms with Gasteiger partial charge in [0.2, 0.25) is 10.0 Å². The number of alkyl halides is 3. The first-order chi connectivity index (χ1) is 14.1. The number of rotatable bonds is 4. The normalized spacial score (nSPS) is 23.6. The maximum atomic E-state index is 12.6. The van der Waals surface area contributed by atoms with Gasteiger partial charge in [-0.15, -0.1) is 0 Å². The van der Waals surface area contributed by atoms with Crippen molar-refractivity contribution >= 4 is 21.7 Å². The van der Waals surface area contributed by atoms with Crippen molar-refractivity contribution in [3.8, 4) is 0 Å². The Hall–Kier alpha value is -2.59. The first kappa shape index (κ1) is 20.7. The van der Waals surface area contributed by atoms with Crippen LogP contribution < -0.4 is 10.0 Å². The monoisotopic (exact) mass is 439 g/mol. The van der Waals surface area contributed by atoms with E-state index in [4.69, 9.17) is 0 Å². The van der Waals surface area contributed by atoms with E-state index in [1.54, 1.807) is 23.1 Å². The number of urea groups is 1. The fourth-order valence-corrected chi connectivity index (χ4v) is 5.49. The zero-order valence-corrected chi connectivity index (χ0v) is 16.6. The van der Waals surface area contributed by atoms with Crippen LogP contribution in [0.4, 0.5) is 23.7 Å². The summed E-state index contributed by atoms with van der Waals surface area (Å²) >= 11 is 0. The summed E-state index contributed by atoms with van der Waals surface area (Å²) in [7, 11) is -3.63. The summed E-state index contributed by atoms with van der Waals surface area (Å²) in [6, 6.07) is 11.6. The molecule has 2 amide bonds. The summed E-state index contributed by atoms with van der Waals surface area (Å²) in [6.45, 7) is 0.388. The summed E-state index contributed by atoms with van der Waals surface area (Å²) in [4.78, 5) is 14.4. The van der Waals surface area contributed by atoms with Gasteiger partial charge in [-0.2, -0.15) is 13.2 Å². The van der Waals surface area contributed by atoms with Crippen LogP contribution in [0.5, 0.6) is 0 Å². The third-order valence-corrected chi connectivity index (χ3v) is 7.13. The van der Waals surface area contributed by atoms with E-state index < -0.39 is 27.8 Å². The van der Waals surface area contributed by atoms with Gasteiger partial charge in [0.05, 0.1) is 10.5 Å². The molecule has 1 aliphatic heterocycles. The van der Waals surface area contributed by atoms with Gasteiger partial charge >= 0.3 is 12.2 Å². The zero-order valence-electron chi connectivity index (χ0n) is 15.8. The van der Waals surface area contributed by atoms with Gasteiger partial charge in [0.1, 0.15) is 0 Å². The molecular weight excluding hydrogens is 419 g/mol. The molecule has 4 rings (SSSR count). The van der Waals surface area contributed by atoms with Crippen LogP contribution in [-0.2, 0) is 16.2 Å². The molecule has 2 aromatic rings. The highest BCUT2D eigenvalue weighted by molar-refractivity contribution is 7.89. The molecule has 10 heteroatoms. The molecule has 2 fully saturated rings. The molecule has 6 nitrogen and oxygen atoms in total. The maximum absolute atomic E-state index is 12.6. The average Bonchev–Trinajstić information content (AvgIpc) is 3.28. The third kappa shape index (κ3) is 4.15. The van der Waals surface area contributed by atoms with Crippen LogP contribution in [0.25, 0.3) is 0 Å². The van der Waals surface area contributed by atoms with Crippen LogP contribution in [0.15, 0.2) is 59.5 Å². The summed E-state index contributed by atoms with van der Waals surface area (Å²) in [6.07, 6.45) is -3.25. The lowest BCUT2D eigenvalue weighted by molar-refractivity contribution is -0.137. The number of fused-ring (bicyclic) bond motifs is 2. The molecule has 0 radical (unpaired) electrons. The number of anilines is 1. The Morgan fingerprint density at radius 1 is 1.00 bits per heavy atom. The van der Waals surface area contributed by atoms with E-state index in [1.807, 2.05) is 0 Å². The van der Waals surface area contributed by atoms with Gasteiger partial charge in [0, 0.05) is 24.3 Å². The number of amides is 2. The van der Waals surface area contributed by atoms with E-state index in [1.165, 1.54) is 24.3 Å². The summed E-state index contributed by atoms with van der Waals surface area (Å²) in [5, 5.41) is 2.62. The molecule has 160 valence electrons. The van der Waals surface area contributed by atoms with Crippen molar-refractivity contribution in [3.63, 3.8) is 0 Å². The highest BCUT2D eigenvalue weighted by Gasteiger charge is 2.47. The molecule has 0 spiro atoms. The van der Waals surface area contributed by atoms with Crippen LogP contribution >= 0.6 is 0 Å². The molecule has 0 aromatic heterocycles. The van der Waals surface area contributed by atoms with Gasteiger partial charge in [0.25, 0.3) is 0 Å². The van der Waals surface area contributed by atoms with E-state index in [-0.39, 0.29) is 28.6 Å². The van der Waals surface area contributed by atoms with Crippen molar-refractivity contribution in [3.05, 3.63) is 60.2 Å². The minimum absolute atomic E-state index is 0.00755. The highest BCUT2D eigenvalue weighted by atomic mass is 32.2. The zero-order chi connectivity index (χ0) is 21.5. The second-order valence-corrected chi connectivity index (χ2v) is 9.30. The van der Waals surface area contributed by atoms with Gasteiger partial charge in [-0.05, 0) is 55.2 Å². The number of sulfonamides is 1. The summed E-state index contributed by atoms with van der Waals surface area (Å²) in [5.41, 5.74) is -0.508. The van der Waals surface area contributed by atoms with Crippen LogP contribution in [0.3, 0.4) is 0 Å². The molecule has 3 atom stereocenters. The number of halogens is 3. The lowest BCUT2D eigenvalue weighted by atomic mass is 10.0. The molecule has 0 unspecified atom stereocenters. The predicted molar refractivity (Wildman–Crippen MR) is 104 cm³/mol. The van der Waals surface area contributed by atoms with Gasteiger partial charge in [-0.1, -0.05) is 18.2 Å². The SMILES string of the molecule is O=C(Nc1ccc(C(F)(F)F)cc1)N1C[C@@H]2C[C@H]1C[C@@H]2NS(=O)(=O)c1ccccc1. The minimum Gasteiger partial charge on any atom is -0.321 e. The van der Waals surface area contributed by atoms with Crippen LogP contribution in [0, 0.1) is 5.92 Å². The van der Waals surface area contributed by atoms with Gasteiger partial charge in [-0.3, -0.25) is 0 Å². The number of likely N-dealkylation sites (tertiary alicyclic amines) is 1. The molecule has 2 bridgehead atoms. The lowest BCUT2D eigenvalue weighted by Crippen LogP contribution is -2.48. The van der Waals surface area contributed by atoms with Crippen LogP contribution in [0.1, 0.15) is 18.4 Å². The molecule has 2 aromatic carbocycles. The Bertz CT molecular complexity index is 1030. The van der Waals surface area contributed by atoms with E-state index in [0.717, 1.165) is 12.1 Å². The maximum Gasteiger partial charge on any atom is 0.416 e. The number of nitrogens with zero attached hydrogens (tertiary/aromatic N) is 1. The minimum atomic E-state index is -4.43. The number of nitrogens with one attached hydrogen (secondary N) is 2. The number of carbonyl (C=O) groups excluding carboxylic acids is 1. The molecule has 2 N–H and O–H groups in total. The Balaban J connectivity index is 1.36.